The van der Waals surface area contributed by atoms with Crippen molar-refractivity contribution < 1.29 is 4.74 Å². The van der Waals surface area contributed by atoms with Crippen LogP contribution in [0, 0.1) is 12.3 Å². The number of ether oxygens (including phenoxy) is 1. The number of benzene rings is 1. The number of terminal acetylenes is 1. The summed E-state index contributed by atoms with van der Waals surface area (Å²) in [7, 11) is 1.97. The summed E-state index contributed by atoms with van der Waals surface area (Å²) in [5, 5.41) is 0. The molecule has 0 saturated carbocycles. The Kier molecular flexibility index (Phi) is 5.41. The van der Waals surface area contributed by atoms with E-state index in [0.717, 1.165) is 17.9 Å². The van der Waals surface area contributed by atoms with Gasteiger partial charge in [-0.05, 0) is 13.1 Å². The minimum Gasteiger partial charge on any atom is -0.492 e. The van der Waals surface area contributed by atoms with Gasteiger partial charge in [0.25, 0.3) is 0 Å². The lowest BCUT2D eigenvalue weighted by Crippen LogP contribution is -2.24. The highest BCUT2D eigenvalue weighted by atomic mass is 16.5. The predicted molar refractivity (Wildman–Crippen MR) is 66.2 cm³/mol. The molecule has 0 bridgehead atoms. The molecule has 86 valence electrons. The summed E-state index contributed by atoms with van der Waals surface area (Å²) in [5.41, 5.74) is 6.64. The molecule has 2 N–H and O–H groups in total. The van der Waals surface area contributed by atoms with Crippen molar-refractivity contribution in [1.29, 1.82) is 0 Å². The number of likely N-dealkylation sites (N-methyl/N-ethyl adjacent to an activating group) is 1. The first-order valence-corrected chi connectivity index (χ1v) is 5.30. The van der Waals surface area contributed by atoms with Gasteiger partial charge in [0, 0.05) is 18.7 Å². The van der Waals surface area contributed by atoms with E-state index in [0.29, 0.717) is 19.7 Å². The van der Waals surface area contributed by atoms with Crippen molar-refractivity contribution in [3.05, 3.63) is 29.8 Å². The number of hydrogen-bond acceptors (Lipinski definition) is 3. The Morgan fingerprint density at radius 2 is 2.19 bits per heavy atom. The molecule has 0 aromatic heterocycles. The lowest BCUT2D eigenvalue weighted by Gasteiger charge is -2.15. The first-order valence-electron chi connectivity index (χ1n) is 5.30. The van der Waals surface area contributed by atoms with E-state index in [2.05, 4.69) is 5.92 Å². The highest BCUT2D eigenvalue weighted by Gasteiger charge is 2.01. The molecule has 3 heteroatoms. The number of nitrogens with zero attached hydrogens (tertiary/aromatic N) is 1. The lowest BCUT2D eigenvalue weighted by atomic mass is 10.2. The Hall–Kier alpha value is -1.50. The van der Waals surface area contributed by atoms with E-state index in [9.17, 15) is 0 Å². The van der Waals surface area contributed by atoms with Crippen LogP contribution in [0.5, 0.6) is 5.75 Å². The van der Waals surface area contributed by atoms with Gasteiger partial charge in [0.05, 0.1) is 6.54 Å². The fourth-order valence-electron chi connectivity index (χ4n) is 1.36. The molecule has 3 nitrogen and oxygen atoms in total. The van der Waals surface area contributed by atoms with Crippen molar-refractivity contribution in [1.82, 2.24) is 4.90 Å². The molecule has 0 saturated heterocycles. The van der Waals surface area contributed by atoms with E-state index in [4.69, 9.17) is 16.9 Å². The highest BCUT2D eigenvalue weighted by Crippen LogP contribution is 2.16. The second kappa shape index (κ2) is 6.89. The van der Waals surface area contributed by atoms with Crippen LogP contribution < -0.4 is 10.5 Å². The molecule has 0 radical (unpaired) electrons. The Balaban J connectivity index is 2.40. The third kappa shape index (κ3) is 3.93. The molecule has 0 unspecified atom stereocenters. The van der Waals surface area contributed by atoms with Crippen molar-refractivity contribution in [2.45, 2.75) is 6.54 Å². The number of nitrogens with two attached hydrogens (primary N) is 1. The third-order valence-electron chi connectivity index (χ3n) is 2.28. The first-order chi connectivity index (χ1) is 7.77. The maximum Gasteiger partial charge on any atom is 0.123 e. The van der Waals surface area contributed by atoms with E-state index in [-0.39, 0.29) is 0 Å². The van der Waals surface area contributed by atoms with E-state index in [1.54, 1.807) is 0 Å². The SMILES string of the molecule is C#CCN(C)CCOc1ccccc1CN. The Morgan fingerprint density at radius 1 is 1.44 bits per heavy atom. The molecule has 1 aromatic carbocycles. The van der Waals surface area contributed by atoms with Gasteiger partial charge in [-0.15, -0.1) is 6.42 Å². The second-order valence-corrected chi connectivity index (χ2v) is 3.60. The molecular formula is C13H18N2O. The Bertz CT molecular complexity index is 357. The summed E-state index contributed by atoms with van der Waals surface area (Å²) in [6, 6.07) is 7.81. The standard InChI is InChI=1S/C13H18N2O/c1-3-8-15(2)9-10-16-13-7-5-4-6-12(13)11-14/h1,4-7H,8-11,14H2,2H3. The molecule has 0 heterocycles. The quantitative estimate of drug-likeness (QED) is 0.726. The van der Waals surface area contributed by atoms with Crippen LogP contribution in [0.15, 0.2) is 24.3 Å². The number of hydrogen-bond donors (Lipinski definition) is 1. The van der Waals surface area contributed by atoms with Crippen LogP contribution in [0.3, 0.4) is 0 Å². The molecule has 0 aliphatic carbocycles. The number of para-hydroxylation sites is 1. The van der Waals surface area contributed by atoms with Gasteiger partial charge in [-0.25, -0.2) is 0 Å². The molecule has 0 aliphatic heterocycles. The van der Waals surface area contributed by atoms with Crippen molar-refractivity contribution in [3.8, 4) is 18.1 Å². The third-order valence-corrected chi connectivity index (χ3v) is 2.28. The highest BCUT2D eigenvalue weighted by molar-refractivity contribution is 5.32. The van der Waals surface area contributed by atoms with Gasteiger partial charge in [-0.1, -0.05) is 24.1 Å². The molecular weight excluding hydrogens is 200 g/mol. The van der Waals surface area contributed by atoms with Crippen LogP contribution in [0.4, 0.5) is 0 Å². The smallest absolute Gasteiger partial charge is 0.123 e. The molecule has 0 spiro atoms. The van der Waals surface area contributed by atoms with Crippen molar-refractivity contribution in [3.63, 3.8) is 0 Å². The second-order valence-electron chi connectivity index (χ2n) is 3.60. The van der Waals surface area contributed by atoms with Gasteiger partial charge in [-0.2, -0.15) is 0 Å². The first kappa shape index (κ1) is 12.6. The van der Waals surface area contributed by atoms with Gasteiger partial charge in [-0.3, -0.25) is 4.90 Å². The van der Waals surface area contributed by atoms with Gasteiger partial charge in [0.1, 0.15) is 12.4 Å². The van der Waals surface area contributed by atoms with Crippen molar-refractivity contribution >= 4 is 0 Å². The molecule has 16 heavy (non-hydrogen) atoms. The number of rotatable bonds is 6. The van der Waals surface area contributed by atoms with Crippen LogP contribution in [-0.4, -0.2) is 31.6 Å². The van der Waals surface area contributed by atoms with Crippen molar-refractivity contribution in [2.75, 3.05) is 26.7 Å². The maximum absolute atomic E-state index is 5.65. The summed E-state index contributed by atoms with van der Waals surface area (Å²) >= 11 is 0. The normalized spacial score (nSPS) is 10.1. The predicted octanol–water partition coefficient (Wildman–Crippen LogP) is 1.09. The average molecular weight is 218 g/mol. The fourth-order valence-corrected chi connectivity index (χ4v) is 1.36. The molecule has 0 atom stereocenters. The topological polar surface area (TPSA) is 38.5 Å². The Labute approximate surface area is 97.2 Å². The minimum absolute atomic E-state index is 0.496. The zero-order chi connectivity index (χ0) is 11.8. The molecule has 0 amide bonds. The molecule has 0 aliphatic rings. The molecule has 0 fully saturated rings. The van der Waals surface area contributed by atoms with Crippen LogP contribution in [0.1, 0.15) is 5.56 Å². The summed E-state index contributed by atoms with van der Waals surface area (Å²) in [4.78, 5) is 2.03. The summed E-state index contributed by atoms with van der Waals surface area (Å²) in [6.07, 6.45) is 5.21. The summed E-state index contributed by atoms with van der Waals surface area (Å²) in [6.45, 7) is 2.57. The van der Waals surface area contributed by atoms with Crippen molar-refractivity contribution in [2.24, 2.45) is 5.73 Å². The molecule has 1 aromatic rings. The lowest BCUT2D eigenvalue weighted by molar-refractivity contribution is 0.250. The monoisotopic (exact) mass is 218 g/mol. The zero-order valence-corrected chi connectivity index (χ0v) is 9.65. The minimum atomic E-state index is 0.496. The summed E-state index contributed by atoms with van der Waals surface area (Å²) < 4.78 is 5.65. The van der Waals surface area contributed by atoms with E-state index >= 15 is 0 Å². The zero-order valence-electron chi connectivity index (χ0n) is 9.65. The van der Waals surface area contributed by atoms with Gasteiger partial charge in [0.15, 0.2) is 0 Å². The van der Waals surface area contributed by atoms with Crippen LogP contribution in [0.2, 0.25) is 0 Å². The van der Waals surface area contributed by atoms with E-state index in [1.807, 2.05) is 36.2 Å². The van der Waals surface area contributed by atoms with Crippen LogP contribution >= 0.6 is 0 Å². The van der Waals surface area contributed by atoms with Gasteiger partial charge in [0.2, 0.25) is 0 Å². The largest absolute Gasteiger partial charge is 0.492 e. The van der Waals surface area contributed by atoms with Gasteiger partial charge < -0.3 is 10.5 Å². The van der Waals surface area contributed by atoms with Crippen LogP contribution in [-0.2, 0) is 6.54 Å². The average Bonchev–Trinajstić information content (AvgIpc) is 2.30. The van der Waals surface area contributed by atoms with E-state index < -0.39 is 0 Å². The summed E-state index contributed by atoms with van der Waals surface area (Å²) in [5.74, 6) is 3.45. The van der Waals surface area contributed by atoms with E-state index in [1.165, 1.54) is 0 Å². The maximum atomic E-state index is 5.65. The fraction of sp³-hybridized carbons (Fsp3) is 0.385. The Morgan fingerprint density at radius 3 is 2.88 bits per heavy atom. The van der Waals surface area contributed by atoms with Gasteiger partial charge >= 0.3 is 0 Å². The van der Waals surface area contributed by atoms with Crippen LogP contribution in [0.25, 0.3) is 0 Å². The molecule has 1 rings (SSSR count).